The van der Waals surface area contributed by atoms with Crippen molar-refractivity contribution in [3.05, 3.63) is 35.9 Å². The van der Waals surface area contributed by atoms with E-state index in [1.807, 2.05) is 30.3 Å². The van der Waals surface area contributed by atoms with Crippen molar-refractivity contribution in [1.29, 1.82) is 0 Å². The normalized spacial score (nSPS) is 16.4. The van der Waals surface area contributed by atoms with Crippen molar-refractivity contribution in [3.63, 3.8) is 0 Å². The molecule has 0 unspecified atom stereocenters. The first-order chi connectivity index (χ1) is 9.10. The van der Waals surface area contributed by atoms with Gasteiger partial charge in [0.1, 0.15) is 0 Å². The molecule has 0 atom stereocenters. The molecule has 0 heterocycles. The van der Waals surface area contributed by atoms with Crippen molar-refractivity contribution in [2.45, 2.75) is 44.1 Å². The number of carboxylic acid groups (broad SMARTS) is 1. The Hall–Kier alpha value is -1.84. The van der Waals surface area contributed by atoms with Crippen LogP contribution in [0.2, 0.25) is 0 Å². The Bertz CT molecular complexity index is 452. The van der Waals surface area contributed by atoms with Crippen LogP contribution in [0.3, 0.4) is 0 Å². The minimum Gasteiger partial charge on any atom is -0.481 e. The van der Waals surface area contributed by atoms with Crippen LogP contribution in [0.4, 0.5) is 0 Å². The van der Waals surface area contributed by atoms with Crippen LogP contribution in [0.5, 0.6) is 0 Å². The number of aliphatic carboxylic acids is 1. The minimum absolute atomic E-state index is 0.0318. The predicted octanol–water partition coefficient (Wildman–Crippen LogP) is 2.13. The lowest BCUT2D eigenvalue weighted by molar-refractivity contribution is -0.140. The van der Waals surface area contributed by atoms with Crippen molar-refractivity contribution in [2.75, 3.05) is 0 Å². The van der Waals surface area contributed by atoms with E-state index in [1.165, 1.54) is 0 Å². The van der Waals surface area contributed by atoms with E-state index in [-0.39, 0.29) is 12.3 Å². The zero-order valence-electron chi connectivity index (χ0n) is 10.9. The Morgan fingerprint density at radius 3 is 2.42 bits per heavy atom. The fourth-order valence-electron chi connectivity index (χ4n) is 2.50. The summed E-state index contributed by atoms with van der Waals surface area (Å²) in [5, 5.41) is 11.8. The van der Waals surface area contributed by atoms with Crippen LogP contribution >= 0.6 is 0 Å². The molecule has 1 aliphatic carbocycles. The molecule has 102 valence electrons. The molecule has 1 aromatic carbocycles. The fraction of sp³-hybridized carbons (Fsp3) is 0.467. The smallest absolute Gasteiger partial charge is 0.305 e. The zero-order chi connectivity index (χ0) is 13.7. The fourth-order valence-corrected chi connectivity index (χ4v) is 2.50. The van der Waals surface area contributed by atoms with Crippen molar-refractivity contribution in [1.82, 2.24) is 5.32 Å². The molecule has 0 radical (unpaired) electrons. The second-order valence-corrected chi connectivity index (χ2v) is 5.24. The Morgan fingerprint density at radius 1 is 1.21 bits per heavy atom. The third-order valence-corrected chi connectivity index (χ3v) is 3.69. The van der Waals surface area contributed by atoms with Gasteiger partial charge in [-0.1, -0.05) is 30.3 Å². The van der Waals surface area contributed by atoms with Gasteiger partial charge < -0.3 is 10.4 Å². The van der Waals surface area contributed by atoms with Gasteiger partial charge in [-0.15, -0.1) is 0 Å². The summed E-state index contributed by atoms with van der Waals surface area (Å²) in [4.78, 5) is 22.7. The third kappa shape index (κ3) is 3.81. The number of carbonyl (C=O) groups is 2. The largest absolute Gasteiger partial charge is 0.481 e. The SMILES string of the molecule is O=C(O)CC1(NC(=O)CCc2ccccc2)CCC1. The van der Waals surface area contributed by atoms with Gasteiger partial charge in [-0.3, -0.25) is 9.59 Å². The van der Waals surface area contributed by atoms with Gasteiger partial charge in [0.25, 0.3) is 0 Å². The number of carbonyl (C=O) groups excluding carboxylic acids is 1. The number of nitrogens with one attached hydrogen (secondary N) is 1. The molecule has 4 heteroatoms. The molecule has 1 aromatic rings. The lowest BCUT2D eigenvalue weighted by Crippen LogP contribution is -2.54. The van der Waals surface area contributed by atoms with Crippen LogP contribution in [-0.2, 0) is 16.0 Å². The molecule has 0 bridgehead atoms. The van der Waals surface area contributed by atoms with Crippen LogP contribution in [-0.4, -0.2) is 22.5 Å². The van der Waals surface area contributed by atoms with Gasteiger partial charge in [0.15, 0.2) is 0 Å². The Kier molecular flexibility index (Phi) is 4.20. The quantitative estimate of drug-likeness (QED) is 0.824. The van der Waals surface area contributed by atoms with E-state index < -0.39 is 11.5 Å². The summed E-state index contributed by atoms with van der Waals surface area (Å²) >= 11 is 0. The van der Waals surface area contributed by atoms with Crippen LogP contribution in [0, 0.1) is 0 Å². The lowest BCUT2D eigenvalue weighted by Gasteiger charge is -2.41. The third-order valence-electron chi connectivity index (χ3n) is 3.69. The summed E-state index contributed by atoms with van der Waals surface area (Å²) in [5.41, 5.74) is 0.637. The van der Waals surface area contributed by atoms with Gasteiger partial charge in [-0.25, -0.2) is 0 Å². The van der Waals surface area contributed by atoms with Gasteiger partial charge in [0.2, 0.25) is 5.91 Å². The molecular weight excluding hydrogens is 242 g/mol. The number of hydrogen-bond donors (Lipinski definition) is 2. The highest BCUT2D eigenvalue weighted by Gasteiger charge is 2.40. The van der Waals surface area contributed by atoms with Crippen LogP contribution in [0.15, 0.2) is 30.3 Å². The highest BCUT2D eigenvalue weighted by atomic mass is 16.4. The molecule has 1 aliphatic rings. The molecule has 0 spiro atoms. The summed E-state index contributed by atoms with van der Waals surface area (Å²) in [6.07, 6.45) is 3.67. The van der Waals surface area contributed by atoms with Gasteiger partial charge >= 0.3 is 5.97 Å². The first-order valence-electron chi connectivity index (χ1n) is 6.66. The summed E-state index contributed by atoms with van der Waals surface area (Å²) in [7, 11) is 0. The van der Waals surface area contributed by atoms with E-state index in [4.69, 9.17) is 5.11 Å². The average Bonchev–Trinajstić information content (AvgIpc) is 2.34. The number of rotatable bonds is 6. The number of amides is 1. The average molecular weight is 261 g/mol. The van der Waals surface area contributed by atoms with Crippen molar-refractivity contribution >= 4 is 11.9 Å². The first kappa shape index (κ1) is 13.6. The molecule has 1 fully saturated rings. The summed E-state index contributed by atoms with van der Waals surface area (Å²) in [5.74, 6) is -0.895. The van der Waals surface area contributed by atoms with E-state index in [0.29, 0.717) is 12.8 Å². The predicted molar refractivity (Wildman–Crippen MR) is 71.7 cm³/mol. The van der Waals surface area contributed by atoms with Gasteiger partial charge in [-0.2, -0.15) is 0 Å². The van der Waals surface area contributed by atoms with E-state index in [0.717, 1.165) is 24.8 Å². The molecule has 1 saturated carbocycles. The van der Waals surface area contributed by atoms with E-state index >= 15 is 0 Å². The molecule has 2 N–H and O–H groups in total. The maximum atomic E-state index is 11.9. The molecule has 1 amide bonds. The minimum atomic E-state index is -0.844. The summed E-state index contributed by atoms with van der Waals surface area (Å²) < 4.78 is 0. The summed E-state index contributed by atoms with van der Waals surface area (Å²) in [6.45, 7) is 0. The highest BCUT2D eigenvalue weighted by molar-refractivity contribution is 5.78. The monoisotopic (exact) mass is 261 g/mol. The molecule has 0 aromatic heterocycles. The number of aryl methyl sites for hydroxylation is 1. The van der Waals surface area contributed by atoms with Crippen LogP contribution < -0.4 is 5.32 Å². The van der Waals surface area contributed by atoms with E-state index in [1.54, 1.807) is 0 Å². The van der Waals surface area contributed by atoms with E-state index in [9.17, 15) is 9.59 Å². The molecule has 0 aliphatic heterocycles. The molecular formula is C15H19NO3. The van der Waals surface area contributed by atoms with Gasteiger partial charge in [0.05, 0.1) is 12.0 Å². The highest BCUT2D eigenvalue weighted by Crippen LogP contribution is 2.35. The van der Waals surface area contributed by atoms with Crippen molar-refractivity contribution < 1.29 is 14.7 Å². The van der Waals surface area contributed by atoms with Crippen molar-refractivity contribution in [3.8, 4) is 0 Å². The molecule has 0 saturated heterocycles. The first-order valence-corrected chi connectivity index (χ1v) is 6.66. The number of benzene rings is 1. The molecule has 4 nitrogen and oxygen atoms in total. The maximum absolute atomic E-state index is 11.9. The van der Waals surface area contributed by atoms with Crippen LogP contribution in [0.1, 0.15) is 37.7 Å². The van der Waals surface area contributed by atoms with Gasteiger partial charge in [0, 0.05) is 6.42 Å². The standard InChI is InChI=1S/C15H19NO3/c17-13(8-7-12-5-2-1-3-6-12)16-15(9-4-10-15)11-14(18)19/h1-3,5-6H,4,7-11H2,(H,16,17)(H,18,19). The Labute approximate surface area is 112 Å². The van der Waals surface area contributed by atoms with Crippen LogP contribution in [0.25, 0.3) is 0 Å². The lowest BCUT2D eigenvalue weighted by atomic mass is 9.74. The van der Waals surface area contributed by atoms with Crippen molar-refractivity contribution in [2.24, 2.45) is 0 Å². The number of hydrogen-bond acceptors (Lipinski definition) is 2. The topological polar surface area (TPSA) is 66.4 Å². The van der Waals surface area contributed by atoms with Gasteiger partial charge in [-0.05, 0) is 31.2 Å². The molecule has 2 rings (SSSR count). The second kappa shape index (κ2) is 5.87. The Morgan fingerprint density at radius 2 is 1.89 bits per heavy atom. The second-order valence-electron chi connectivity index (χ2n) is 5.24. The maximum Gasteiger partial charge on any atom is 0.305 e. The zero-order valence-corrected chi connectivity index (χ0v) is 10.9. The summed E-state index contributed by atoms with van der Waals surface area (Å²) in [6, 6.07) is 9.82. The number of carboxylic acids is 1. The Balaban J connectivity index is 1.82. The van der Waals surface area contributed by atoms with E-state index in [2.05, 4.69) is 5.32 Å². The molecule has 19 heavy (non-hydrogen) atoms.